The summed E-state index contributed by atoms with van der Waals surface area (Å²) in [5, 5.41) is 0. The van der Waals surface area contributed by atoms with Crippen LogP contribution in [0.25, 0.3) is 6.08 Å². The van der Waals surface area contributed by atoms with Crippen molar-refractivity contribution in [3.05, 3.63) is 35.9 Å². The molecular weight excluding hydrogens is 192 g/mol. The Balaban J connectivity index is 0.000000791. The molecule has 2 heteroatoms. The molecule has 0 aliphatic carbocycles. The Hall–Kier alpha value is -0.890. The Morgan fingerprint density at radius 1 is 1.29 bits per heavy atom. The first-order valence-corrected chi connectivity index (χ1v) is 6.36. The van der Waals surface area contributed by atoms with E-state index in [4.69, 9.17) is 0 Å². The normalized spacial score (nSPS) is 12.0. The molecule has 14 heavy (non-hydrogen) atoms. The number of allylic oxidation sites excluding steroid dienone is 1. The molecule has 1 unspecified atom stereocenters. The highest BCUT2D eigenvalue weighted by atomic mass is 32.2. The van der Waals surface area contributed by atoms with Crippen molar-refractivity contribution in [1.82, 2.24) is 0 Å². The number of rotatable bonds is 2. The summed E-state index contributed by atoms with van der Waals surface area (Å²) in [4.78, 5) is 0.880. The van der Waals surface area contributed by atoms with Gasteiger partial charge in [-0.05, 0) is 24.6 Å². The number of hydrogen-bond acceptors (Lipinski definition) is 1. The molecule has 1 atom stereocenters. The first-order valence-electron chi connectivity index (χ1n) is 4.80. The molecule has 0 spiro atoms. The van der Waals surface area contributed by atoms with Gasteiger partial charge in [0.1, 0.15) is 0 Å². The second kappa shape index (κ2) is 7.51. The van der Waals surface area contributed by atoms with Crippen LogP contribution >= 0.6 is 0 Å². The molecule has 1 nitrogen and oxygen atoms in total. The van der Waals surface area contributed by atoms with Gasteiger partial charge < -0.3 is 0 Å². The van der Waals surface area contributed by atoms with Crippen LogP contribution in [0.5, 0.6) is 0 Å². The maximum Gasteiger partial charge on any atom is 0.0498 e. The Morgan fingerprint density at radius 2 is 1.93 bits per heavy atom. The van der Waals surface area contributed by atoms with Gasteiger partial charge in [0, 0.05) is 22.0 Å². The van der Waals surface area contributed by atoms with E-state index in [1.165, 1.54) is 0 Å². The van der Waals surface area contributed by atoms with Crippen LogP contribution < -0.4 is 0 Å². The van der Waals surface area contributed by atoms with E-state index in [0.29, 0.717) is 0 Å². The highest BCUT2D eigenvalue weighted by molar-refractivity contribution is 7.84. The Labute approximate surface area is 89.3 Å². The minimum Gasteiger partial charge on any atom is -0.255 e. The van der Waals surface area contributed by atoms with E-state index in [1.54, 1.807) is 6.26 Å². The zero-order chi connectivity index (χ0) is 11.0. The zero-order valence-electron chi connectivity index (χ0n) is 9.28. The summed E-state index contributed by atoms with van der Waals surface area (Å²) in [6, 6.07) is 7.74. The van der Waals surface area contributed by atoms with Crippen molar-refractivity contribution in [2.75, 3.05) is 6.26 Å². The fourth-order valence-electron chi connectivity index (χ4n) is 0.989. The average molecular weight is 210 g/mol. The van der Waals surface area contributed by atoms with Crippen LogP contribution in [0.15, 0.2) is 35.2 Å². The summed E-state index contributed by atoms with van der Waals surface area (Å²) >= 11 is 0. The van der Waals surface area contributed by atoms with E-state index in [-0.39, 0.29) is 0 Å². The predicted molar refractivity (Wildman–Crippen MR) is 64.8 cm³/mol. The number of benzene rings is 1. The molecule has 0 aliphatic rings. The maximum absolute atomic E-state index is 11.1. The van der Waals surface area contributed by atoms with Crippen molar-refractivity contribution >= 4 is 16.9 Å². The Kier molecular flexibility index (Phi) is 7.03. The first-order chi connectivity index (χ1) is 6.74. The van der Waals surface area contributed by atoms with Gasteiger partial charge in [-0.25, -0.2) is 0 Å². The minimum atomic E-state index is -0.877. The highest BCUT2D eigenvalue weighted by Gasteiger charge is 1.95. The molecule has 0 saturated carbocycles. The second-order valence-corrected chi connectivity index (χ2v) is 3.91. The quantitative estimate of drug-likeness (QED) is 0.730. The lowest BCUT2D eigenvalue weighted by Gasteiger charge is -1.97. The van der Waals surface area contributed by atoms with Gasteiger partial charge in [0.2, 0.25) is 0 Å². The predicted octanol–water partition coefficient (Wildman–Crippen LogP) is 3.48. The summed E-state index contributed by atoms with van der Waals surface area (Å²) in [5.74, 6) is 0. The van der Waals surface area contributed by atoms with E-state index in [1.807, 2.05) is 57.2 Å². The Bertz CT molecular complexity index is 316. The van der Waals surface area contributed by atoms with E-state index in [0.717, 1.165) is 10.5 Å². The fraction of sp³-hybridized carbons (Fsp3) is 0.333. The molecule has 1 aromatic rings. The molecule has 78 valence electrons. The van der Waals surface area contributed by atoms with Crippen LogP contribution in [-0.2, 0) is 10.8 Å². The van der Waals surface area contributed by atoms with Gasteiger partial charge in [-0.3, -0.25) is 4.21 Å². The lowest BCUT2D eigenvalue weighted by molar-refractivity contribution is 0.687. The largest absolute Gasteiger partial charge is 0.255 e. The lowest BCUT2D eigenvalue weighted by Crippen LogP contribution is -1.86. The third-order valence-electron chi connectivity index (χ3n) is 1.55. The van der Waals surface area contributed by atoms with E-state index in [2.05, 4.69) is 0 Å². The smallest absolute Gasteiger partial charge is 0.0498 e. The summed E-state index contributed by atoms with van der Waals surface area (Å²) < 4.78 is 11.1. The molecule has 0 fully saturated rings. The molecule has 0 saturated heterocycles. The molecule has 0 bridgehead atoms. The molecule has 0 aliphatic heterocycles. The van der Waals surface area contributed by atoms with Crippen LogP contribution in [-0.4, -0.2) is 10.5 Å². The van der Waals surface area contributed by atoms with Gasteiger partial charge in [-0.1, -0.05) is 38.1 Å². The third kappa shape index (κ3) is 4.38. The molecule has 1 rings (SSSR count). The summed E-state index contributed by atoms with van der Waals surface area (Å²) in [6.45, 7) is 5.97. The van der Waals surface area contributed by atoms with E-state index < -0.39 is 10.8 Å². The topological polar surface area (TPSA) is 17.1 Å². The molecule has 0 radical (unpaired) electrons. The highest BCUT2D eigenvalue weighted by Crippen LogP contribution is 2.09. The van der Waals surface area contributed by atoms with Gasteiger partial charge in [0.05, 0.1) is 0 Å². The van der Waals surface area contributed by atoms with Crippen molar-refractivity contribution in [1.29, 1.82) is 0 Å². The van der Waals surface area contributed by atoms with Crippen LogP contribution in [0, 0.1) is 0 Å². The standard InChI is InChI=1S/C10H12OS.C2H6/c1-3-5-9-6-4-7-10(8-9)12(2)11;1-2/h3-8H,1-2H3;1-2H3/b5-3+;. The summed E-state index contributed by atoms with van der Waals surface area (Å²) in [6.07, 6.45) is 5.66. The summed E-state index contributed by atoms with van der Waals surface area (Å²) in [7, 11) is -0.877. The fourth-order valence-corrected chi connectivity index (χ4v) is 1.56. The zero-order valence-corrected chi connectivity index (χ0v) is 10.1. The van der Waals surface area contributed by atoms with Crippen LogP contribution in [0.2, 0.25) is 0 Å². The van der Waals surface area contributed by atoms with Crippen molar-refractivity contribution in [2.45, 2.75) is 25.7 Å². The maximum atomic E-state index is 11.1. The molecule has 0 N–H and O–H groups in total. The second-order valence-electron chi connectivity index (χ2n) is 2.53. The van der Waals surface area contributed by atoms with Crippen LogP contribution in [0.3, 0.4) is 0 Å². The lowest BCUT2D eigenvalue weighted by atomic mass is 10.2. The molecule has 0 heterocycles. The van der Waals surface area contributed by atoms with Crippen molar-refractivity contribution in [3.8, 4) is 0 Å². The van der Waals surface area contributed by atoms with E-state index >= 15 is 0 Å². The number of hydrogen-bond donors (Lipinski definition) is 0. The van der Waals surface area contributed by atoms with Crippen molar-refractivity contribution < 1.29 is 4.21 Å². The van der Waals surface area contributed by atoms with Crippen LogP contribution in [0.4, 0.5) is 0 Å². The Morgan fingerprint density at radius 3 is 2.43 bits per heavy atom. The molecule has 1 aromatic carbocycles. The van der Waals surface area contributed by atoms with Gasteiger partial charge in [-0.15, -0.1) is 0 Å². The van der Waals surface area contributed by atoms with Gasteiger partial charge in [-0.2, -0.15) is 0 Å². The van der Waals surface area contributed by atoms with Crippen LogP contribution in [0.1, 0.15) is 26.3 Å². The monoisotopic (exact) mass is 210 g/mol. The molecule has 0 aromatic heterocycles. The average Bonchev–Trinajstić information content (AvgIpc) is 2.22. The van der Waals surface area contributed by atoms with Crippen molar-refractivity contribution in [3.63, 3.8) is 0 Å². The first kappa shape index (κ1) is 13.1. The SMILES string of the molecule is C/C=C/c1cccc(S(C)=O)c1.CC. The van der Waals surface area contributed by atoms with Gasteiger partial charge >= 0.3 is 0 Å². The third-order valence-corrected chi connectivity index (χ3v) is 2.47. The summed E-state index contributed by atoms with van der Waals surface area (Å²) in [5.41, 5.74) is 1.10. The minimum absolute atomic E-state index is 0.877. The van der Waals surface area contributed by atoms with E-state index in [9.17, 15) is 4.21 Å². The molecular formula is C12H18OS. The molecule has 0 amide bonds. The van der Waals surface area contributed by atoms with Gasteiger partial charge in [0.25, 0.3) is 0 Å². The van der Waals surface area contributed by atoms with Gasteiger partial charge in [0.15, 0.2) is 0 Å². The van der Waals surface area contributed by atoms with Crippen molar-refractivity contribution in [2.24, 2.45) is 0 Å².